The minimum absolute atomic E-state index is 0.132. The molecule has 0 aromatic heterocycles. The first-order valence-corrected chi connectivity index (χ1v) is 7.81. The number of carbonyl (C=O) groups is 2. The van der Waals surface area contributed by atoms with Crippen molar-refractivity contribution in [2.24, 2.45) is 0 Å². The van der Waals surface area contributed by atoms with Gasteiger partial charge < -0.3 is 20.7 Å². The van der Waals surface area contributed by atoms with E-state index in [0.717, 1.165) is 11.3 Å². The fraction of sp³-hybridized carbons (Fsp3) is 0.222. The highest BCUT2D eigenvalue weighted by Crippen LogP contribution is 2.28. The van der Waals surface area contributed by atoms with Crippen molar-refractivity contribution in [3.05, 3.63) is 59.9 Å². The predicted octanol–water partition coefficient (Wildman–Crippen LogP) is 2.59. The number of anilines is 1. The molecule has 6 nitrogen and oxygen atoms in total. The van der Waals surface area contributed by atoms with Crippen molar-refractivity contribution < 1.29 is 18.7 Å². The first-order chi connectivity index (χ1) is 12.0. The summed E-state index contributed by atoms with van der Waals surface area (Å²) in [4.78, 5) is 23.9. The van der Waals surface area contributed by atoms with Gasteiger partial charge in [0, 0.05) is 18.0 Å². The second kappa shape index (κ2) is 7.21. The van der Waals surface area contributed by atoms with Gasteiger partial charge in [0.2, 0.25) is 5.91 Å². The molecule has 0 spiro atoms. The number of halogens is 1. The minimum Gasteiger partial charge on any atom is -0.497 e. The number of carbonyl (C=O) groups excluding carboxylic acids is 2. The number of hydrogen-bond acceptors (Lipinski definition) is 3. The van der Waals surface area contributed by atoms with Gasteiger partial charge in [-0.1, -0.05) is 12.1 Å². The van der Waals surface area contributed by atoms with Crippen molar-refractivity contribution in [2.75, 3.05) is 12.4 Å². The maximum atomic E-state index is 12.9. The molecule has 0 aliphatic carbocycles. The Labute approximate surface area is 144 Å². The third-order valence-corrected chi connectivity index (χ3v) is 4.06. The topological polar surface area (TPSA) is 79.5 Å². The maximum absolute atomic E-state index is 12.9. The highest BCUT2D eigenvalue weighted by molar-refractivity contribution is 5.90. The third kappa shape index (κ3) is 4.06. The van der Waals surface area contributed by atoms with Crippen molar-refractivity contribution >= 4 is 17.6 Å². The number of methoxy groups -OCH3 is 1. The quantitative estimate of drug-likeness (QED) is 0.798. The van der Waals surface area contributed by atoms with E-state index in [1.807, 2.05) is 24.3 Å². The monoisotopic (exact) mass is 343 g/mol. The molecule has 130 valence electrons. The Morgan fingerprint density at radius 3 is 2.48 bits per heavy atom. The molecule has 2 aromatic carbocycles. The number of rotatable bonds is 4. The van der Waals surface area contributed by atoms with Gasteiger partial charge in [0.1, 0.15) is 17.7 Å². The number of benzene rings is 2. The standard InChI is InChI=1S/C18H18FN3O3/c1-25-14-8-2-11(3-9-14)15-10-16(23)21-17(15)22-18(24)20-13-6-4-12(19)5-7-13/h2-9,15,17H,10H2,1H3,(H,21,23)(H2,20,22,24)/t15-,17?/m0/s1. The lowest BCUT2D eigenvalue weighted by Crippen LogP contribution is -2.46. The molecular weight excluding hydrogens is 325 g/mol. The Balaban J connectivity index is 1.67. The summed E-state index contributed by atoms with van der Waals surface area (Å²) in [6, 6.07) is 12.3. The van der Waals surface area contributed by atoms with E-state index in [1.165, 1.54) is 24.3 Å². The molecule has 7 heteroatoms. The molecule has 0 saturated carbocycles. The van der Waals surface area contributed by atoms with Gasteiger partial charge in [-0.2, -0.15) is 0 Å². The van der Waals surface area contributed by atoms with Gasteiger partial charge in [-0.25, -0.2) is 9.18 Å². The predicted molar refractivity (Wildman–Crippen MR) is 90.8 cm³/mol. The minimum atomic E-state index is -0.527. The molecule has 1 unspecified atom stereocenters. The van der Waals surface area contributed by atoms with Crippen LogP contribution in [0, 0.1) is 5.82 Å². The van der Waals surface area contributed by atoms with Crippen LogP contribution in [0.15, 0.2) is 48.5 Å². The van der Waals surface area contributed by atoms with Gasteiger partial charge in [0.25, 0.3) is 0 Å². The van der Waals surface area contributed by atoms with Crippen LogP contribution >= 0.6 is 0 Å². The lowest BCUT2D eigenvalue weighted by Gasteiger charge is -2.21. The van der Waals surface area contributed by atoms with Gasteiger partial charge in [-0.3, -0.25) is 4.79 Å². The average Bonchev–Trinajstić information content (AvgIpc) is 2.97. The van der Waals surface area contributed by atoms with Crippen molar-refractivity contribution in [3.63, 3.8) is 0 Å². The summed E-state index contributed by atoms with van der Waals surface area (Å²) in [5.74, 6) is 0.0263. The number of ether oxygens (including phenoxy) is 1. The first kappa shape index (κ1) is 16.8. The van der Waals surface area contributed by atoms with E-state index in [2.05, 4.69) is 16.0 Å². The summed E-state index contributed by atoms with van der Waals surface area (Å²) in [6.45, 7) is 0. The van der Waals surface area contributed by atoms with Gasteiger partial charge in [-0.15, -0.1) is 0 Å². The Morgan fingerprint density at radius 2 is 1.84 bits per heavy atom. The van der Waals surface area contributed by atoms with Crippen LogP contribution in [0.4, 0.5) is 14.9 Å². The van der Waals surface area contributed by atoms with E-state index in [0.29, 0.717) is 5.69 Å². The molecule has 2 atom stereocenters. The van der Waals surface area contributed by atoms with Gasteiger partial charge in [-0.05, 0) is 42.0 Å². The van der Waals surface area contributed by atoms with Crippen LogP contribution in [0.25, 0.3) is 0 Å². The van der Waals surface area contributed by atoms with Crippen LogP contribution in [0.2, 0.25) is 0 Å². The summed E-state index contributed by atoms with van der Waals surface area (Å²) >= 11 is 0. The molecule has 1 heterocycles. The molecule has 2 aromatic rings. The molecule has 0 bridgehead atoms. The zero-order valence-corrected chi connectivity index (χ0v) is 13.6. The van der Waals surface area contributed by atoms with Gasteiger partial charge in [0.05, 0.1) is 7.11 Å². The summed E-state index contributed by atoms with van der Waals surface area (Å²) in [6.07, 6.45) is -0.241. The van der Waals surface area contributed by atoms with Crippen molar-refractivity contribution in [2.45, 2.75) is 18.5 Å². The molecule has 3 N–H and O–H groups in total. The van der Waals surface area contributed by atoms with Crippen LogP contribution in [-0.4, -0.2) is 25.2 Å². The molecular formula is C18H18FN3O3. The van der Waals surface area contributed by atoms with E-state index >= 15 is 0 Å². The number of nitrogens with one attached hydrogen (secondary N) is 3. The highest BCUT2D eigenvalue weighted by Gasteiger charge is 2.34. The van der Waals surface area contributed by atoms with Gasteiger partial charge in [0.15, 0.2) is 0 Å². The molecule has 3 rings (SSSR count). The second-order valence-corrected chi connectivity index (χ2v) is 5.73. The normalized spacial score (nSPS) is 19.2. The summed E-state index contributed by atoms with van der Waals surface area (Å²) in [5, 5.41) is 8.11. The van der Waals surface area contributed by atoms with Crippen LogP contribution in [0.5, 0.6) is 5.75 Å². The Kier molecular flexibility index (Phi) is 4.83. The van der Waals surface area contributed by atoms with E-state index in [1.54, 1.807) is 7.11 Å². The average molecular weight is 343 g/mol. The lowest BCUT2D eigenvalue weighted by atomic mass is 9.95. The van der Waals surface area contributed by atoms with E-state index < -0.39 is 12.2 Å². The van der Waals surface area contributed by atoms with Crippen molar-refractivity contribution in [1.29, 1.82) is 0 Å². The number of amides is 3. The zero-order valence-electron chi connectivity index (χ0n) is 13.6. The summed E-state index contributed by atoms with van der Waals surface area (Å²) in [7, 11) is 1.58. The van der Waals surface area contributed by atoms with E-state index in [9.17, 15) is 14.0 Å². The molecule has 1 fully saturated rings. The number of hydrogen-bond donors (Lipinski definition) is 3. The third-order valence-electron chi connectivity index (χ3n) is 4.06. The SMILES string of the molecule is COc1ccc([C@@H]2CC(=O)NC2NC(=O)Nc2ccc(F)cc2)cc1. The lowest BCUT2D eigenvalue weighted by molar-refractivity contribution is -0.119. The number of urea groups is 1. The first-order valence-electron chi connectivity index (χ1n) is 7.81. The van der Waals surface area contributed by atoms with Crippen LogP contribution < -0.4 is 20.7 Å². The van der Waals surface area contributed by atoms with Crippen molar-refractivity contribution in [3.8, 4) is 5.75 Å². The zero-order chi connectivity index (χ0) is 17.8. The van der Waals surface area contributed by atoms with Crippen LogP contribution in [-0.2, 0) is 4.79 Å². The molecule has 1 saturated heterocycles. The highest BCUT2D eigenvalue weighted by atomic mass is 19.1. The summed E-state index contributed by atoms with van der Waals surface area (Å²) < 4.78 is 18.0. The molecule has 3 amide bonds. The molecule has 1 aliphatic rings. The molecule has 0 radical (unpaired) electrons. The van der Waals surface area contributed by atoms with Crippen LogP contribution in [0.3, 0.4) is 0 Å². The summed E-state index contributed by atoms with van der Waals surface area (Å²) in [5.41, 5.74) is 1.38. The van der Waals surface area contributed by atoms with E-state index in [-0.39, 0.29) is 24.1 Å². The Morgan fingerprint density at radius 1 is 1.16 bits per heavy atom. The van der Waals surface area contributed by atoms with Crippen molar-refractivity contribution in [1.82, 2.24) is 10.6 Å². The largest absolute Gasteiger partial charge is 0.497 e. The maximum Gasteiger partial charge on any atom is 0.320 e. The van der Waals surface area contributed by atoms with E-state index in [4.69, 9.17) is 4.74 Å². The molecule has 25 heavy (non-hydrogen) atoms. The Bertz CT molecular complexity index is 762. The van der Waals surface area contributed by atoms with Crippen LogP contribution in [0.1, 0.15) is 17.9 Å². The Hall–Kier alpha value is -3.09. The second-order valence-electron chi connectivity index (χ2n) is 5.73. The fourth-order valence-electron chi connectivity index (χ4n) is 2.79. The smallest absolute Gasteiger partial charge is 0.320 e. The fourth-order valence-corrected chi connectivity index (χ4v) is 2.79. The van der Waals surface area contributed by atoms with Gasteiger partial charge >= 0.3 is 6.03 Å². The molecule has 1 aliphatic heterocycles.